The zero-order valence-electron chi connectivity index (χ0n) is 16.8. The van der Waals surface area contributed by atoms with Gasteiger partial charge in [0.25, 0.3) is 0 Å². The molecule has 30 heavy (non-hydrogen) atoms. The van der Waals surface area contributed by atoms with Crippen LogP contribution in [0.1, 0.15) is 19.4 Å². The van der Waals surface area contributed by atoms with E-state index in [0.717, 1.165) is 16.3 Å². The molecule has 154 valence electrons. The fourth-order valence-corrected chi connectivity index (χ4v) is 2.89. The van der Waals surface area contributed by atoms with E-state index < -0.39 is 11.9 Å². The summed E-state index contributed by atoms with van der Waals surface area (Å²) in [7, 11) is 0. The Kier molecular flexibility index (Phi) is 6.70. The zero-order chi connectivity index (χ0) is 21.5. The van der Waals surface area contributed by atoms with E-state index in [0.29, 0.717) is 29.4 Å². The predicted molar refractivity (Wildman–Crippen MR) is 114 cm³/mol. The summed E-state index contributed by atoms with van der Waals surface area (Å²) < 4.78 is 16.3. The number of carbonyl (C=O) groups excluding carboxylic acids is 1. The number of allylic oxidation sites excluding steroid dienone is 1. The average molecular weight is 406 g/mol. The summed E-state index contributed by atoms with van der Waals surface area (Å²) in [5, 5.41) is 10.8. The summed E-state index contributed by atoms with van der Waals surface area (Å²) in [5.74, 6) is 0.463. The van der Waals surface area contributed by atoms with Gasteiger partial charge in [0, 0.05) is 6.08 Å². The van der Waals surface area contributed by atoms with E-state index in [9.17, 15) is 9.59 Å². The SMILES string of the molecule is CCOC(=O)COc1ccc2ccc(Oc3ccc(C(C)=CC(=O)O)cc3)cc2c1. The third kappa shape index (κ3) is 5.61. The summed E-state index contributed by atoms with van der Waals surface area (Å²) in [5.41, 5.74) is 1.47. The van der Waals surface area contributed by atoms with Gasteiger partial charge >= 0.3 is 11.9 Å². The summed E-state index contributed by atoms with van der Waals surface area (Å²) in [4.78, 5) is 22.2. The van der Waals surface area contributed by atoms with Crippen LogP contribution in [0.3, 0.4) is 0 Å². The van der Waals surface area contributed by atoms with Gasteiger partial charge in [-0.2, -0.15) is 0 Å². The van der Waals surface area contributed by atoms with Crippen LogP contribution in [0.5, 0.6) is 17.2 Å². The normalized spacial score (nSPS) is 11.2. The van der Waals surface area contributed by atoms with Crippen molar-refractivity contribution < 1.29 is 28.9 Å². The highest BCUT2D eigenvalue weighted by Gasteiger charge is 2.06. The van der Waals surface area contributed by atoms with Gasteiger partial charge in [-0.25, -0.2) is 9.59 Å². The van der Waals surface area contributed by atoms with E-state index in [-0.39, 0.29) is 6.61 Å². The average Bonchev–Trinajstić information content (AvgIpc) is 2.72. The number of fused-ring (bicyclic) bond motifs is 1. The van der Waals surface area contributed by atoms with Crippen LogP contribution in [0.15, 0.2) is 66.7 Å². The van der Waals surface area contributed by atoms with Gasteiger partial charge < -0.3 is 19.3 Å². The van der Waals surface area contributed by atoms with E-state index >= 15 is 0 Å². The summed E-state index contributed by atoms with van der Waals surface area (Å²) in [6.07, 6.45) is 1.17. The first kappa shape index (κ1) is 20.9. The second kappa shape index (κ2) is 9.60. The molecule has 0 aromatic heterocycles. The lowest BCUT2D eigenvalue weighted by atomic mass is 10.1. The number of esters is 1. The first-order valence-corrected chi connectivity index (χ1v) is 9.46. The number of rotatable bonds is 8. The molecular formula is C24H22O6. The van der Waals surface area contributed by atoms with Crippen molar-refractivity contribution in [2.75, 3.05) is 13.2 Å². The van der Waals surface area contributed by atoms with Crippen LogP contribution in [0.2, 0.25) is 0 Å². The molecule has 1 N–H and O–H groups in total. The number of hydrogen-bond acceptors (Lipinski definition) is 5. The van der Waals surface area contributed by atoms with Crippen molar-refractivity contribution in [2.24, 2.45) is 0 Å². The molecule has 0 saturated heterocycles. The molecule has 3 rings (SSSR count). The molecule has 0 bridgehead atoms. The van der Waals surface area contributed by atoms with Gasteiger partial charge in [0.05, 0.1) is 6.61 Å². The predicted octanol–water partition coefficient (Wildman–Crippen LogP) is 5.06. The van der Waals surface area contributed by atoms with Crippen LogP contribution in [-0.4, -0.2) is 30.3 Å². The van der Waals surface area contributed by atoms with E-state index in [1.807, 2.05) is 42.5 Å². The topological polar surface area (TPSA) is 82.1 Å². The Morgan fingerprint density at radius 2 is 1.53 bits per heavy atom. The van der Waals surface area contributed by atoms with Crippen LogP contribution in [-0.2, 0) is 14.3 Å². The molecule has 3 aromatic rings. The van der Waals surface area contributed by atoms with Crippen LogP contribution < -0.4 is 9.47 Å². The standard InChI is InChI=1S/C24H22O6/c1-3-28-24(27)15-29-21-10-6-18-7-11-22(14-19(18)13-21)30-20-8-4-17(5-9-20)16(2)12-23(25)26/h4-14H,3,15H2,1-2H3,(H,25,26). The molecule has 0 fully saturated rings. The second-order valence-electron chi connectivity index (χ2n) is 6.56. The van der Waals surface area contributed by atoms with Gasteiger partial charge in [0.15, 0.2) is 6.61 Å². The minimum atomic E-state index is -0.977. The van der Waals surface area contributed by atoms with Crippen molar-refractivity contribution in [2.45, 2.75) is 13.8 Å². The molecule has 0 heterocycles. The third-order valence-electron chi connectivity index (χ3n) is 4.33. The molecule has 0 unspecified atom stereocenters. The Labute approximate surface area is 174 Å². The first-order chi connectivity index (χ1) is 14.4. The molecule has 0 aliphatic rings. The second-order valence-corrected chi connectivity index (χ2v) is 6.56. The fraction of sp³-hybridized carbons (Fsp3) is 0.167. The lowest BCUT2D eigenvalue weighted by Gasteiger charge is -2.10. The lowest BCUT2D eigenvalue weighted by Crippen LogP contribution is -2.14. The van der Waals surface area contributed by atoms with E-state index in [2.05, 4.69) is 0 Å². The smallest absolute Gasteiger partial charge is 0.344 e. The van der Waals surface area contributed by atoms with Crippen molar-refractivity contribution in [3.05, 3.63) is 72.3 Å². The third-order valence-corrected chi connectivity index (χ3v) is 4.33. The van der Waals surface area contributed by atoms with Gasteiger partial charge in [0.2, 0.25) is 0 Å². The number of hydrogen-bond donors (Lipinski definition) is 1. The number of ether oxygens (including phenoxy) is 3. The Morgan fingerprint density at radius 1 is 0.900 bits per heavy atom. The Bertz CT molecular complexity index is 1080. The number of aliphatic carboxylic acids is 1. The molecule has 0 aliphatic carbocycles. The van der Waals surface area contributed by atoms with E-state index in [1.54, 1.807) is 32.0 Å². The Balaban J connectivity index is 1.73. The van der Waals surface area contributed by atoms with Gasteiger partial charge in [-0.15, -0.1) is 0 Å². The Hall–Kier alpha value is -3.80. The zero-order valence-corrected chi connectivity index (χ0v) is 16.8. The maximum Gasteiger partial charge on any atom is 0.344 e. The fourth-order valence-electron chi connectivity index (χ4n) is 2.89. The molecule has 0 atom stereocenters. The van der Waals surface area contributed by atoms with Crippen LogP contribution in [0.25, 0.3) is 16.3 Å². The molecular weight excluding hydrogens is 384 g/mol. The summed E-state index contributed by atoms with van der Waals surface area (Å²) >= 11 is 0. The van der Waals surface area contributed by atoms with E-state index in [4.69, 9.17) is 19.3 Å². The van der Waals surface area contributed by atoms with Crippen molar-refractivity contribution in [3.63, 3.8) is 0 Å². The minimum Gasteiger partial charge on any atom is -0.482 e. The van der Waals surface area contributed by atoms with Crippen molar-refractivity contribution >= 4 is 28.3 Å². The van der Waals surface area contributed by atoms with Crippen LogP contribution >= 0.6 is 0 Å². The van der Waals surface area contributed by atoms with Gasteiger partial charge in [-0.1, -0.05) is 24.3 Å². The molecule has 0 aliphatic heterocycles. The van der Waals surface area contributed by atoms with Crippen LogP contribution in [0, 0.1) is 0 Å². The molecule has 0 spiro atoms. The highest BCUT2D eigenvalue weighted by atomic mass is 16.6. The number of benzene rings is 3. The lowest BCUT2D eigenvalue weighted by molar-refractivity contribution is -0.145. The minimum absolute atomic E-state index is 0.141. The van der Waals surface area contributed by atoms with Crippen molar-refractivity contribution in [3.8, 4) is 17.2 Å². The largest absolute Gasteiger partial charge is 0.482 e. The molecule has 0 radical (unpaired) electrons. The molecule has 6 nitrogen and oxygen atoms in total. The first-order valence-electron chi connectivity index (χ1n) is 9.46. The molecule has 0 amide bonds. The summed E-state index contributed by atoms with van der Waals surface area (Å²) in [6, 6.07) is 18.4. The quantitative estimate of drug-likeness (QED) is 0.416. The van der Waals surface area contributed by atoms with Gasteiger partial charge in [0.1, 0.15) is 17.2 Å². The molecule has 6 heteroatoms. The monoisotopic (exact) mass is 406 g/mol. The molecule has 3 aromatic carbocycles. The maximum absolute atomic E-state index is 11.5. The van der Waals surface area contributed by atoms with Crippen LogP contribution in [0.4, 0.5) is 0 Å². The van der Waals surface area contributed by atoms with Gasteiger partial charge in [-0.05, 0) is 72.2 Å². The molecule has 0 saturated carbocycles. The summed E-state index contributed by atoms with van der Waals surface area (Å²) in [6.45, 7) is 3.67. The van der Waals surface area contributed by atoms with E-state index in [1.165, 1.54) is 6.08 Å². The number of carboxylic acid groups (broad SMARTS) is 1. The maximum atomic E-state index is 11.5. The highest BCUT2D eigenvalue weighted by Crippen LogP contribution is 2.29. The van der Waals surface area contributed by atoms with Crippen molar-refractivity contribution in [1.82, 2.24) is 0 Å². The number of carboxylic acids is 1. The number of carbonyl (C=O) groups is 2. The van der Waals surface area contributed by atoms with Gasteiger partial charge in [-0.3, -0.25) is 0 Å². The Morgan fingerprint density at radius 3 is 2.20 bits per heavy atom. The van der Waals surface area contributed by atoms with Crippen molar-refractivity contribution in [1.29, 1.82) is 0 Å². The highest BCUT2D eigenvalue weighted by molar-refractivity contribution is 5.89.